The Kier molecular flexibility index (Phi) is 2.87. The number of anilines is 1. The van der Waals surface area contributed by atoms with Crippen LogP contribution in [0.4, 0.5) is 5.82 Å². The summed E-state index contributed by atoms with van der Waals surface area (Å²) in [6, 6.07) is 2.06. The van der Waals surface area contributed by atoms with E-state index in [-0.39, 0.29) is 0 Å². The van der Waals surface area contributed by atoms with E-state index in [1.165, 1.54) is 29.5 Å². The highest BCUT2D eigenvalue weighted by Gasteiger charge is 2.23. The monoisotopic (exact) mass is 310 g/mol. The van der Waals surface area contributed by atoms with Crippen LogP contribution in [0.3, 0.4) is 0 Å². The van der Waals surface area contributed by atoms with E-state index in [4.69, 9.17) is 11.0 Å². The third kappa shape index (κ3) is 1.81. The van der Waals surface area contributed by atoms with E-state index in [2.05, 4.69) is 21.1 Å². The van der Waals surface area contributed by atoms with Gasteiger partial charge in [-0.1, -0.05) is 0 Å². The van der Waals surface area contributed by atoms with Gasteiger partial charge < -0.3 is 5.73 Å². The second-order valence-corrected chi connectivity index (χ2v) is 6.54. The summed E-state index contributed by atoms with van der Waals surface area (Å²) in [6.45, 7) is 1.87. The van der Waals surface area contributed by atoms with Crippen molar-refractivity contribution >= 4 is 27.4 Å². The molecule has 3 heterocycles. The van der Waals surface area contributed by atoms with Crippen molar-refractivity contribution in [3.05, 3.63) is 28.0 Å². The highest BCUT2D eigenvalue weighted by Crippen LogP contribution is 2.38. The van der Waals surface area contributed by atoms with Gasteiger partial charge in [-0.3, -0.25) is 0 Å². The summed E-state index contributed by atoms with van der Waals surface area (Å²) >= 11 is 1.74. The van der Waals surface area contributed by atoms with Crippen molar-refractivity contribution in [1.29, 1.82) is 5.26 Å². The van der Waals surface area contributed by atoms with Gasteiger partial charge in [0, 0.05) is 4.88 Å². The molecule has 0 aromatic carbocycles. The normalized spacial score (nSPS) is 14.0. The number of nitrogens with zero attached hydrogens (tertiary/aromatic N) is 5. The topological polar surface area (TPSA) is 93.4 Å². The van der Waals surface area contributed by atoms with Crippen molar-refractivity contribution in [2.75, 3.05) is 5.73 Å². The molecule has 0 fully saturated rings. The van der Waals surface area contributed by atoms with E-state index in [9.17, 15) is 0 Å². The molecular formula is C15H14N6S. The first-order chi connectivity index (χ1) is 10.7. The van der Waals surface area contributed by atoms with Gasteiger partial charge in [-0.25, -0.2) is 9.97 Å². The minimum atomic E-state index is 0.331. The predicted octanol–water partition coefficient (Wildman–Crippen LogP) is 2.52. The lowest BCUT2D eigenvalue weighted by Gasteiger charge is -2.12. The average Bonchev–Trinajstić information content (AvgIpc) is 3.06. The second-order valence-electron chi connectivity index (χ2n) is 5.45. The Bertz CT molecular complexity index is 930. The molecule has 4 rings (SSSR count). The van der Waals surface area contributed by atoms with Crippen LogP contribution in [-0.4, -0.2) is 19.7 Å². The van der Waals surface area contributed by atoms with Gasteiger partial charge in [-0.2, -0.15) is 15.0 Å². The number of nitrogen functional groups attached to an aromatic ring is 1. The molecule has 0 saturated carbocycles. The number of hydrogen-bond acceptors (Lipinski definition) is 6. The van der Waals surface area contributed by atoms with Gasteiger partial charge in [-0.15, -0.1) is 11.3 Å². The zero-order valence-electron chi connectivity index (χ0n) is 12.1. The summed E-state index contributed by atoms with van der Waals surface area (Å²) in [6.07, 6.45) is 6.04. The molecule has 0 spiro atoms. The van der Waals surface area contributed by atoms with Crippen LogP contribution in [0.5, 0.6) is 0 Å². The van der Waals surface area contributed by atoms with E-state index in [0.717, 1.165) is 23.1 Å². The van der Waals surface area contributed by atoms with Crippen molar-refractivity contribution in [3.63, 3.8) is 0 Å². The maximum absolute atomic E-state index is 9.08. The quantitative estimate of drug-likeness (QED) is 0.745. The average molecular weight is 310 g/mol. The molecule has 0 radical (unpaired) electrons. The summed E-state index contributed by atoms with van der Waals surface area (Å²) in [5, 5.41) is 14.4. The maximum atomic E-state index is 9.08. The maximum Gasteiger partial charge on any atom is 0.168 e. The second kappa shape index (κ2) is 4.78. The van der Waals surface area contributed by atoms with Gasteiger partial charge in [0.15, 0.2) is 5.82 Å². The first-order valence-electron chi connectivity index (χ1n) is 7.22. The van der Waals surface area contributed by atoms with Gasteiger partial charge in [-0.05, 0) is 38.2 Å². The number of aromatic nitrogens is 4. The molecule has 0 unspecified atom stereocenters. The Labute approximate surface area is 131 Å². The smallest absolute Gasteiger partial charge is 0.168 e. The number of thiophene rings is 1. The van der Waals surface area contributed by atoms with Crippen molar-refractivity contribution in [3.8, 4) is 11.9 Å². The number of nitrogens with two attached hydrogens (primary N) is 1. The lowest BCUT2D eigenvalue weighted by atomic mass is 9.97. The fourth-order valence-electron chi connectivity index (χ4n) is 3.01. The van der Waals surface area contributed by atoms with Crippen LogP contribution >= 0.6 is 11.3 Å². The molecule has 0 aliphatic heterocycles. The molecule has 3 aromatic rings. The predicted molar refractivity (Wildman–Crippen MR) is 85.0 cm³/mol. The van der Waals surface area contributed by atoms with E-state index in [1.807, 2.05) is 6.92 Å². The van der Waals surface area contributed by atoms with Gasteiger partial charge in [0.25, 0.3) is 0 Å². The molecule has 22 heavy (non-hydrogen) atoms. The minimum Gasteiger partial charge on any atom is -0.382 e. The zero-order chi connectivity index (χ0) is 15.3. The Morgan fingerprint density at radius 3 is 2.91 bits per heavy atom. The highest BCUT2D eigenvalue weighted by molar-refractivity contribution is 7.18. The van der Waals surface area contributed by atoms with Crippen LogP contribution in [0.2, 0.25) is 0 Å². The van der Waals surface area contributed by atoms with Crippen molar-refractivity contribution < 1.29 is 0 Å². The van der Waals surface area contributed by atoms with Gasteiger partial charge in [0.2, 0.25) is 0 Å². The van der Waals surface area contributed by atoms with Crippen LogP contribution in [0, 0.1) is 18.3 Å². The van der Waals surface area contributed by atoms with Gasteiger partial charge in [0.1, 0.15) is 28.1 Å². The molecule has 2 N–H and O–H groups in total. The van der Waals surface area contributed by atoms with Gasteiger partial charge >= 0.3 is 0 Å². The van der Waals surface area contributed by atoms with Crippen LogP contribution in [-0.2, 0) is 12.8 Å². The van der Waals surface area contributed by atoms with Gasteiger partial charge in [0.05, 0.1) is 11.6 Å². The number of fused-ring (bicyclic) bond motifs is 3. The van der Waals surface area contributed by atoms with Crippen molar-refractivity contribution in [2.45, 2.75) is 32.6 Å². The summed E-state index contributed by atoms with van der Waals surface area (Å²) in [5.41, 5.74) is 7.75. The molecule has 0 atom stereocenters. The standard InChI is InChI=1S/C15H14N6S/c1-8-19-14(21-13(17)9(6-16)7-18-21)12-10-4-2-3-5-11(10)22-15(12)20-8/h7H,2-5,17H2,1H3. The molecule has 110 valence electrons. The van der Waals surface area contributed by atoms with E-state index < -0.39 is 0 Å². The van der Waals surface area contributed by atoms with Crippen molar-refractivity contribution in [2.24, 2.45) is 0 Å². The summed E-state index contributed by atoms with van der Waals surface area (Å²) in [5.74, 6) is 1.72. The lowest BCUT2D eigenvalue weighted by molar-refractivity contribution is 0.699. The summed E-state index contributed by atoms with van der Waals surface area (Å²) in [4.78, 5) is 11.5. The van der Waals surface area contributed by atoms with E-state index in [1.54, 1.807) is 16.0 Å². The van der Waals surface area contributed by atoms with Crippen LogP contribution in [0.1, 0.15) is 34.7 Å². The molecule has 0 saturated heterocycles. The molecule has 0 amide bonds. The third-order valence-corrected chi connectivity index (χ3v) is 5.22. The minimum absolute atomic E-state index is 0.331. The fourth-order valence-corrected chi connectivity index (χ4v) is 4.31. The Morgan fingerprint density at radius 1 is 1.32 bits per heavy atom. The van der Waals surface area contributed by atoms with Crippen LogP contribution in [0.25, 0.3) is 16.0 Å². The largest absolute Gasteiger partial charge is 0.382 e. The summed E-state index contributed by atoms with van der Waals surface area (Å²) < 4.78 is 1.57. The summed E-state index contributed by atoms with van der Waals surface area (Å²) in [7, 11) is 0. The van der Waals surface area contributed by atoms with Crippen LogP contribution in [0.15, 0.2) is 6.20 Å². The number of rotatable bonds is 1. The SMILES string of the molecule is Cc1nc(-n2ncc(C#N)c2N)c2c3c(sc2n1)CCCC3. The molecule has 7 heteroatoms. The Hall–Kier alpha value is -2.46. The molecular weight excluding hydrogens is 296 g/mol. The Morgan fingerprint density at radius 2 is 2.14 bits per heavy atom. The third-order valence-electron chi connectivity index (χ3n) is 4.03. The number of nitriles is 1. The zero-order valence-corrected chi connectivity index (χ0v) is 12.9. The highest BCUT2D eigenvalue weighted by atomic mass is 32.1. The fraction of sp³-hybridized carbons (Fsp3) is 0.333. The molecule has 1 aliphatic carbocycles. The molecule has 1 aliphatic rings. The lowest BCUT2D eigenvalue weighted by Crippen LogP contribution is -2.08. The van der Waals surface area contributed by atoms with E-state index >= 15 is 0 Å². The van der Waals surface area contributed by atoms with E-state index in [0.29, 0.717) is 23.0 Å². The van der Waals surface area contributed by atoms with Crippen molar-refractivity contribution in [1.82, 2.24) is 19.7 Å². The first kappa shape index (κ1) is 13.2. The molecule has 3 aromatic heterocycles. The first-order valence-corrected chi connectivity index (χ1v) is 8.03. The molecule has 6 nitrogen and oxygen atoms in total. The Balaban J connectivity index is 2.06. The number of hydrogen-bond donors (Lipinski definition) is 1. The number of aryl methyl sites for hydroxylation is 3. The van der Waals surface area contributed by atoms with Crippen LogP contribution < -0.4 is 5.73 Å². The molecule has 0 bridgehead atoms.